The lowest BCUT2D eigenvalue weighted by atomic mass is 9.66. The predicted molar refractivity (Wildman–Crippen MR) is 255 cm³/mol. The Balaban J connectivity index is 1.04. The van der Waals surface area contributed by atoms with Crippen molar-refractivity contribution < 1.29 is 4.42 Å². The van der Waals surface area contributed by atoms with E-state index < -0.39 is 5.41 Å². The molecule has 12 rings (SSSR count). The van der Waals surface area contributed by atoms with E-state index in [1.807, 2.05) is 6.07 Å². The van der Waals surface area contributed by atoms with Crippen molar-refractivity contribution in [1.82, 2.24) is 0 Å². The molecule has 8 aromatic carbocycles. The second-order valence-electron chi connectivity index (χ2n) is 16.6. The van der Waals surface area contributed by atoms with Crippen LogP contribution in [0.1, 0.15) is 52.6 Å². The average molecular weight is 782 g/mol. The SMILES string of the molecule is C1=CC2=C(CC1)c1ccc(N(c3ccc(-c4cccc5c4C=CCC5)cc3)c3ccc(-c4cccc5c4oc4ccccc45)cc3)cc1C2(c1ccccc1)c1ccccc1. The number of furan rings is 1. The molecule has 0 saturated heterocycles. The van der Waals surface area contributed by atoms with Crippen molar-refractivity contribution in [3.8, 4) is 22.3 Å². The molecule has 61 heavy (non-hydrogen) atoms. The zero-order valence-electron chi connectivity index (χ0n) is 33.9. The molecule has 3 aliphatic carbocycles. The van der Waals surface area contributed by atoms with Crippen LogP contribution in [0.15, 0.2) is 216 Å². The third-order valence-corrected chi connectivity index (χ3v) is 13.3. The van der Waals surface area contributed by atoms with Crippen LogP contribution in [0.3, 0.4) is 0 Å². The molecule has 9 aromatic rings. The quantitative estimate of drug-likeness (QED) is 0.160. The summed E-state index contributed by atoms with van der Waals surface area (Å²) in [5.74, 6) is 0. The summed E-state index contributed by atoms with van der Waals surface area (Å²) >= 11 is 0. The second-order valence-corrected chi connectivity index (χ2v) is 16.6. The molecule has 1 aromatic heterocycles. The number of rotatable bonds is 7. The Morgan fingerprint density at radius 2 is 1.07 bits per heavy atom. The van der Waals surface area contributed by atoms with Crippen molar-refractivity contribution in [3.63, 3.8) is 0 Å². The summed E-state index contributed by atoms with van der Waals surface area (Å²) in [4.78, 5) is 2.43. The van der Waals surface area contributed by atoms with E-state index in [9.17, 15) is 0 Å². The van der Waals surface area contributed by atoms with Crippen molar-refractivity contribution in [2.24, 2.45) is 0 Å². The van der Waals surface area contributed by atoms with Crippen LogP contribution in [0.2, 0.25) is 0 Å². The molecule has 0 spiro atoms. The van der Waals surface area contributed by atoms with E-state index in [0.29, 0.717) is 0 Å². The fraction of sp³-hybridized carbons (Fsp3) is 0.0847. The van der Waals surface area contributed by atoms with E-state index in [1.165, 1.54) is 55.7 Å². The Morgan fingerprint density at radius 1 is 0.459 bits per heavy atom. The van der Waals surface area contributed by atoms with Crippen molar-refractivity contribution in [3.05, 3.63) is 245 Å². The first-order valence-electron chi connectivity index (χ1n) is 21.6. The third kappa shape index (κ3) is 5.63. The number of benzene rings is 8. The summed E-state index contributed by atoms with van der Waals surface area (Å²) in [5, 5.41) is 2.28. The Kier molecular flexibility index (Phi) is 8.38. The van der Waals surface area contributed by atoms with Gasteiger partial charge in [-0.15, -0.1) is 0 Å². The number of anilines is 3. The van der Waals surface area contributed by atoms with Gasteiger partial charge in [-0.25, -0.2) is 0 Å². The maximum absolute atomic E-state index is 6.49. The number of nitrogens with zero attached hydrogens (tertiary/aromatic N) is 1. The first kappa shape index (κ1) is 35.5. The molecule has 290 valence electrons. The Bertz CT molecular complexity index is 3180. The van der Waals surface area contributed by atoms with Gasteiger partial charge in [-0.2, -0.15) is 0 Å². The largest absolute Gasteiger partial charge is 0.455 e. The molecule has 2 heteroatoms. The summed E-state index contributed by atoms with van der Waals surface area (Å²) in [7, 11) is 0. The number of allylic oxidation sites excluding steroid dienone is 5. The molecule has 2 nitrogen and oxygen atoms in total. The van der Waals surface area contributed by atoms with Crippen LogP contribution in [0.4, 0.5) is 17.1 Å². The predicted octanol–water partition coefficient (Wildman–Crippen LogP) is 15.8. The fourth-order valence-corrected chi connectivity index (χ4v) is 10.6. The van der Waals surface area contributed by atoms with Crippen LogP contribution in [-0.2, 0) is 11.8 Å². The minimum atomic E-state index is -0.454. The van der Waals surface area contributed by atoms with E-state index in [0.717, 1.165) is 75.8 Å². The molecule has 3 aliphatic rings. The van der Waals surface area contributed by atoms with Gasteiger partial charge in [0.2, 0.25) is 0 Å². The number of fused-ring (bicyclic) bond motifs is 6. The van der Waals surface area contributed by atoms with Crippen LogP contribution in [-0.4, -0.2) is 0 Å². The standard InChI is InChI=1S/C59H43NO/c1-3-17-43(18-4-1)59(44-19-5-2-6-20-44)55-27-11-9-22-51(55)52-38-37-47(39-56(52)59)60(45-33-29-41(30-34-45)49-24-13-16-40-15-7-8-21-48(40)49)46-35-31-42(32-36-46)50-25-14-26-54-53-23-10-12-28-57(53)61-58(50)54/h1-6,8,10-14,16-21,23-39H,7,9,15,22H2. The smallest absolute Gasteiger partial charge is 0.143 e. The number of aryl methyl sites for hydroxylation is 1. The summed E-state index contributed by atoms with van der Waals surface area (Å²) in [5.41, 5.74) is 20.3. The van der Waals surface area contributed by atoms with Gasteiger partial charge in [0.15, 0.2) is 0 Å². The highest BCUT2D eigenvalue weighted by atomic mass is 16.3. The molecule has 0 fully saturated rings. The maximum Gasteiger partial charge on any atom is 0.143 e. The van der Waals surface area contributed by atoms with Crippen LogP contribution >= 0.6 is 0 Å². The number of hydrogen-bond donors (Lipinski definition) is 0. The first-order valence-corrected chi connectivity index (χ1v) is 21.6. The average Bonchev–Trinajstić information content (AvgIpc) is 3.86. The topological polar surface area (TPSA) is 16.4 Å². The van der Waals surface area contributed by atoms with Gasteiger partial charge in [-0.1, -0.05) is 170 Å². The highest BCUT2D eigenvalue weighted by molar-refractivity contribution is 6.09. The van der Waals surface area contributed by atoms with Gasteiger partial charge in [0.05, 0.1) is 5.41 Å². The molecule has 0 bridgehead atoms. The lowest BCUT2D eigenvalue weighted by Gasteiger charge is -2.36. The summed E-state index contributed by atoms with van der Waals surface area (Å²) in [6, 6.07) is 69.3. The molecule has 0 N–H and O–H groups in total. The lowest BCUT2D eigenvalue weighted by molar-refractivity contribution is 0.670. The fourth-order valence-electron chi connectivity index (χ4n) is 10.6. The molecular formula is C59H43NO. The second kappa shape index (κ2) is 14.4. The lowest BCUT2D eigenvalue weighted by Crippen LogP contribution is -2.29. The first-order chi connectivity index (χ1) is 30.3. The van der Waals surface area contributed by atoms with Gasteiger partial charge < -0.3 is 9.32 Å². The van der Waals surface area contributed by atoms with E-state index >= 15 is 0 Å². The summed E-state index contributed by atoms with van der Waals surface area (Å²) < 4.78 is 6.49. The minimum absolute atomic E-state index is 0.454. The molecule has 0 radical (unpaired) electrons. The monoisotopic (exact) mass is 781 g/mol. The normalized spacial score (nSPS) is 14.9. The molecular weight excluding hydrogens is 739 g/mol. The van der Waals surface area contributed by atoms with Gasteiger partial charge in [0, 0.05) is 33.4 Å². The minimum Gasteiger partial charge on any atom is -0.455 e. The van der Waals surface area contributed by atoms with Crippen LogP contribution < -0.4 is 4.90 Å². The zero-order valence-corrected chi connectivity index (χ0v) is 33.9. The highest BCUT2D eigenvalue weighted by Gasteiger charge is 2.47. The van der Waals surface area contributed by atoms with Crippen molar-refractivity contribution in [1.29, 1.82) is 0 Å². The van der Waals surface area contributed by atoms with Gasteiger partial charge in [-0.3, -0.25) is 0 Å². The van der Waals surface area contributed by atoms with Gasteiger partial charge in [0.25, 0.3) is 0 Å². The van der Waals surface area contributed by atoms with Crippen LogP contribution in [0.25, 0.3) is 55.8 Å². The van der Waals surface area contributed by atoms with E-state index in [4.69, 9.17) is 4.42 Å². The molecule has 1 heterocycles. The Hall–Kier alpha value is -7.42. The van der Waals surface area contributed by atoms with E-state index in [-0.39, 0.29) is 0 Å². The molecule has 0 atom stereocenters. The summed E-state index contributed by atoms with van der Waals surface area (Å²) in [6.45, 7) is 0. The van der Waals surface area contributed by atoms with Gasteiger partial charge in [-0.05, 0) is 129 Å². The van der Waals surface area contributed by atoms with Crippen LogP contribution in [0, 0.1) is 0 Å². The Labute approximate surface area is 357 Å². The molecule has 0 aliphatic heterocycles. The third-order valence-electron chi connectivity index (χ3n) is 13.3. The van der Waals surface area contributed by atoms with Crippen molar-refractivity contribution in [2.45, 2.75) is 31.1 Å². The number of para-hydroxylation sites is 2. The summed E-state index contributed by atoms with van der Waals surface area (Å²) in [6.07, 6.45) is 13.7. The zero-order chi connectivity index (χ0) is 40.3. The van der Waals surface area contributed by atoms with E-state index in [1.54, 1.807) is 0 Å². The van der Waals surface area contributed by atoms with Crippen molar-refractivity contribution >= 4 is 50.6 Å². The van der Waals surface area contributed by atoms with Gasteiger partial charge >= 0.3 is 0 Å². The maximum atomic E-state index is 6.49. The Morgan fingerprint density at radius 3 is 1.82 bits per heavy atom. The number of hydrogen-bond acceptors (Lipinski definition) is 2. The van der Waals surface area contributed by atoms with Crippen LogP contribution in [0.5, 0.6) is 0 Å². The molecule has 0 amide bonds. The van der Waals surface area contributed by atoms with Gasteiger partial charge in [0.1, 0.15) is 11.2 Å². The van der Waals surface area contributed by atoms with Crippen molar-refractivity contribution in [2.75, 3.05) is 4.90 Å². The molecule has 0 saturated carbocycles. The molecule has 0 unspecified atom stereocenters. The highest BCUT2D eigenvalue weighted by Crippen LogP contribution is 2.58. The van der Waals surface area contributed by atoms with E-state index in [2.05, 4.69) is 211 Å².